The minimum absolute atomic E-state index is 0.0619. The Hall–Kier alpha value is -2.75. The summed E-state index contributed by atoms with van der Waals surface area (Å²) < 4.78 is 44.3. The van der Waals surface area contributed by atoms with Gasteiger partial charge in [-0.3, -0.25) is 0 Å². The van der Waals surface area contributed by atoms with Gasteiger partial charge < -0.3 is 23.7 Å². The molecule has 0 bridgehead atoms. The maximum Gasteiger partial charge on any atom is 0.697 e. The first-order valence-electron chi connectivity index (χ1n) is 10.0. The van der Waals surface area contributed by atoms with Gasteiger partial charge in [-0.15, -0.1) is 4.89 Å². The van der Waals surface area contributed by atoms with Crippen LogP contribution < -0.4 is 9.47 Å². The number of azide groups is 1. The smallest absolute Gasteiger partial charge is 0.497 e. The standard InChI is InChI=1S/C21H24N3O8P/c1-27-16-7-3-14(4-8-16)11-29-19-18(23-24-22)13-31-21(32-33(25)26)20(19)30-12-15-5-9-17(28-2)10-6-15/h3-10,18-21H,11-13H2,1-2H3/p+1/t18-,19-,20+,21+/m0/s1. The van der Waals surface area contributed by atoms with Gasteiger partial charge >= 0.3 is 8.25 Å². The molecule has 5 atom stereocenters. The van der Waals surface area contributed by atoms with Gasteiger partial charge in [-0.2, -0.15) is 0 Å². The van der Waals surface area contributed by atoms with Crippen LogP contribution in [0.3, 0.4) is 0 Å². The Kier molecular flexibility index (Phi) is 9.41. The molecule has 1 fully saturated rings. The summed E-state index contributed by atoms with van der Waals surface area (Å²) in [6.07, 6.45) is -2.93. The molecule has 0 spiro atoms. The summed E-state index contributed by atoms with van der Waals surface area (Å²) in [4.78, 5) is 12.2. The third kappa shape index (κ3) is 7.12. The molecule has 3 rings (SSSR count). The third-order valence-corrected chi connectivity index (χ3v) is 5.39. The molecular weight excluding hydrogens is 453 g/mol. The van der Waals surface area contributed by atoms with Crippen LogP contribution in [-0.2, 0) is 36.5 Å². The molecule has 1 aliphatic heterocycles. The monoisotopic (exact) mass is 478 g/mol. The van der Waals surface area contributed by atoms with Gasteiger partial charge in [0, 0.05) is 9.48 Å². The molecule has 1 unspecified atom stereocenters. The van der Waals surface area contributed by atoms with Crippen LogP contribution in [0.15, 0.2) is 53.6 Å². The molecule has 0 aliphatic carbocycles. The third-order valence-electron chi connectivity index (χ3n) is 5.00. The molecule has 1 heterocycles. The zero-order valence-corrected chi connectivity index (χ0v) is 19.0. The van der Waals surface area contributed by atoms with Crippen molar-refractivity contribution >= 4 is 8.25 Å². The molecular formula is C21H25N3O8P+. The molecule has 12 heteroatoms. The van der Waals surface area contributed by atoms with Gasteiger partial charge in [0.2, 0.25) is 6.29 Å². The van der Waals surface area contributed by atoms with E-state index in [1.54, 1.807) is 38.5 Å². The van der Waals surface area contributed by atoms with Crippen LogP contribution in [0.25, 0.3) is 10.4 Å². The molecule has 11 nitrogen and oxygen atoms in total. The summed E-state index contributed by atoms with van der Waals surface area (Å²) in [5.74, 6) is 1.40. The van der Waals surface area contributed by atoms with Crippen molar-refractivity contribution in [3.05, 3.63) is 70.1 Å². The molecule has 176 valence electrons. The fourth-order valence-corrected chi connectivity index (χ4v) is 3.67. The highest BCUT2D eigenvalue weighted by Gasteiger charge is 2.46. The summed E-state index contributed by atoms with van der Waals surface area (Å²) >= 11 is 0. The molecule has 0 aromatic heterocycles. The van der Waals surface area contributed by atoms with E-state index < -0.39 is 32.8 Å². The fourth-order valence-electron chi connectivity index (χ4n) is 3.31. The van der Waals surface area contributed by atoms with Crippen LogP contribution >= 0.6 is 8.25 Å². The highest BCUT2D eigenvalue weighted by Crippen LogP contribution is 2.31. The van der Waals surface area contributed by atoms with Crippen molar-refractivity contribution in [2.24, 2.45) is 5.11 Å². The molecule has 1 N–H and O–H groups in total. The Morgan fingerprint density at radius 2 is 1.52 bits per heavy atom. The first kappa shape index (κ1) is 24.9. The lowest BCUT2D eigenvalue weighted by molar-refractivity contribution is -0.244. The normalized spacial score (nSPS) is 22.8. The summed E-state index contributed by atoms with van der Waals surface area (Å²) in [6.45, 7) is 0.242. The van der Waals surface area contributed by atoms with Crippen LogP contribution in [0.5, 0.6) is 11.5 Å². The first-order chi connectivity index (χ1) is 16.0. The van der Waals surface area contributed by atoms with E-state index in [4.69, 9.17) is 33.7 Å². The Morgan fingerprint density at radius 3 is 1.97 bits per heavy atom. The van der Waals surface area contributed by atoms with Crippen molar-refractivity contribution in [3.8, 4) is 11.5 Å². The second-order valence-electron chi connectivity index (χ2n) is 7.06. The van der Waals surface area contributed by atoms with Crippen LogP contribution in [0.4, 0.5) is 0 Å². The van der Waals surface area contributed by atoms with E-state index in [9.17, 15) is 9.46 Å². The summed E-state index contributed by atoms with van der Waals surface area (Å²) in [5.41, 5.74) is 10.7. The maximum absolute atomic E-state index is 11.4. The number of ether oxygens (including phenoxy) is 5. The molecule has 2 aromatic rings. The van der Waals surface area contributed by atoms with E-state index >= 15 is 0 Å². The number of methoxy groups -OCH3 is 2. The summed E-state index contributed by atoms with van der Waals surface area (Å²) in [7, 11) is 0.185. The number of benzene rings is 2. The van der Waals surface area contributed by atoms with Gasteiger partial charge in [-0.25, -0.2) is 0 Å². The Labute approximate surface area is 191 Å². The fraction of sp³-hybridized carbons (Fsp3) is 0.429. The molecule has 0 saturated carbocycles. The van der Waals surface area contributed by atoms with Gasteiger partial charge in [0.05, 0.1) is 40.1 Å². The average Bonchev–Trinajstić information content (AvgIpc) is 2.83. The molecule has 33 heavy (non-hydrogen) atoms. The minimum atomic E-state index is -2.97. The summed E-state index contributed by atoms with van der Waals surface area (Å²) in [5, 5.41) is 3.77. The van der Waals surface area contributed by atoms with E-state index in [-0.39, 0.29) is 19.8 Å². The quantitative estimate of drug-likeness (QED) is 0.222. The van der Waals surface area contributed by atoms with Crippen LogP contribution in [0, 0.1) is 0 Å². The van der Waals surface area contributed by atoms with Crippen molar-refractivity contribution in [1.82, 2.24) is 0 Å². The lowest BCUT2D eigenvalue weighted by atomic mass is 10.0. The SMILES string of the molecule is COc1ccc(CO[C@@H]2[C@@H](OCc3ccc(OC)cc3)[C@@H](O[P+](=O)O)OC[C@@H]2N=[N+]=[N-])cc1. The highest BCUT2D eigenvalue weighted by atomic mass is 31.1. The lowest BCUT2D eigenvalue weighted by Crippen LogP contribution is -2.54. The van der Waals surface area contributed by atoms with Crippen LogP contribution in [-0.4, -0.2) is 50.3 Å². The minimum Gasteiger partial charge on any atom is -0.497 e. The second kappa shape index (κ2) is 12.5. The van der Waals surface area contributed by atoms with Crippen LogP contribution in [0.2, 0.25) is 0 Å². The molecule has 0 amide bonds. The van der Waals surface area contributed by atoms with Gasteiger partial charge in [0.15, 0.2) is 0 Å². The van der Waals surface area contributed by atoms with Gasteiger partial charge in [0.1, 0.15) is 23.7 Å². The molecule has 0 radical (unpaired) electrons. The summed E-state index contributed by atoms with van der Waals surface area (Å²) in [6, 6.07) is 13.8. The van der Waals surface area contributed by atoms with Crippen molar-refractivity contribution in [2.45, 2.75) is 37.8 Å². The van der Waals surface area contributed by atoms with E-state index in [0.29, 0.717) is 11.5 Å². The maximum atomic E-state index is 11.4. The van der Waals surface area contributed by atoms with Crippen molar-refractivity contribution in [3.63, 3.8) is 0 Å². The van der Waals surface area contributed by atoms with Gasteiger partial charge in [-0.1, -0.05) is 33.9 Å². The van der Waals surface area contributed by atoms with Gasteiger partial charge in [0.25, 0.3) is 0 Å². The molecule has 1 saturated heterocycles. The van der Waals surface area contributed by atoms with Crippen molar-refractivity contribution in [2.75, 3.05) is 20.8 Å². The lowest BCUT2D eigenvalue weighted by Gasteiger charge is -2.38. The number of nitrogens with zero attached hydrogens (tertiary/aromatic N) is 3. The Balaban J connectivity index is 1.78. The topological polar surface area (TPSA) is 141 Å². The average molecular weight is 478 g/mol. The molecule has 2 aromatic carbocycles. The largest absolute Gasteiger partial charge is 0.697 e. The predicted molar refractivity (Wildman–Crippen MR) is 117 cm³/mol. The van der Waals surface area contributed by atoms with Gasteiger partial charge in [-0.05, 0) is 40.9 Å². The van der Waals surface area contributed by atoms with Crippen molar-refractivity contribution < 1.29 is 37.7 Å². The zero-order chi connectivity index (χ0) is 23.6. The Morgan fingerprint density at radius 1 is 1.00 bits per heavy atom. The Bertz CT molecular complexity index is 953. The van der Waals surface area contributed by atoms with E-state index in [0.717, 1.165) is 11.1 Å². The number of rotatable bonds is 11. The van der Waals surface area contributed by atoms with E-state index in [2.05, 4.69) is 10.0 Å². The second-order valence-corrected chi connectivity index (χ2v) is 7.75. The predicted octanol–water partition coefficient (Wildman–Crippen LogP) is 3.88. The number of hydrogen-bond acceptors (Lipinski definition) is 8. The number of hydrogen-bond donors (Lipinski definition) is 1. The van der Waals surface area contributed by atoms with Crippen LogP contribution in [0.1, 0.15) is 11.1 Å². The highest BCUT2D eigenvalue weighted by molar-refractivity contribution is 7.32. The zero-order valence-electron chi connectivity index (χ0n) is 18.1. The van der Waals surface area contributed by atoms with E-state index in [1.807, 2.05) is 24.3 Å². The van der Waals surface area contributed by atoms with Crippen molar-refractivity contribution in [1.29, 1.82) is 0 Å². The molecule has 1 aliphatic rings. The first-order valence-corrected chi connectivity index (χ1v) is 11.1. The van der Waals surface area contributed by atoms with E-state index in [1.165, 1.54) is 0 Å².